The van der Waals surface area contributed by atoms with Crippen molar-refractivity contribution in [1.82, 2.24) is 10.2 Å². The van der Waals surface area contributed by atoms with Crippen molar-refractivity contribution < 1.29 is 19.8 Å². The quantitative estimate of drug-likeness (QED) is 0.573. The van der Waals surface area contributed by atoms with E-state index in [1.165, 1.54) is 11.8 Å². The van der Waals surface area contributed by atoms with Gasteiger partial charge in [-0.1, -0.05) is 68.4 Å². The Bertz CT molecular complexity index is 1350. The van der Waals surface area contributed by atoms with Crippen LogP contribution in [0.2, 0.25) is 0 Å². The number of nitrogens with zero attached hydrogens (tertiary/aromatic N) is 2. The minimum Gasteiger partial charge on any atom is -0.393 e. The molecule has 1 heterocycles. The monoisotopic (exact) mass is 518 g/mol. The minimum atomic E-state index is -1.52. The minimum absolute atomic E-state index is 0.0175. The first kappa shape index (κ1) is 25.0. The summed E-state index contributed by atoms with van der Waals surface area (Å²) in [6, 6.07) is 7.83. The van der Waals surface area contributed by atoms with Gasteiger partial charge in [-0.05, 0) is 55.6 Å². The Morgan fingerprint density at radius 3 is 2.84 bits per heavy atom. The normalized spacial score (nSPS) is 40.6. The highest BCUT2D eigenvalue weighted by molar-refractivity contribution is 8.00. The number of thioether (sulfide) groups is 1. The van der Waals surface area contributed by atoms with Crippen molar-refractivity contribution in [1.29, 1.82) is 0 Å². The summed E-state index contributed by atoms with van der Waals surface area (Å²) in [4.78, 5) is 26.0. The molecule has 2 N–H and O–H groups in total. The van der Waals surface area contributed by atoms with Crippen LogP contribution in [0, 0.1) is 34.5 Å². The number of carbonyl (C=O) groups is 2. The van der Waals surface area contributed by atoms with Gasteiger partial charge in [0.25, 0.3) is 0 Å². The molecule has 0 saturated heterocycles. The second-order valence-corrected chi connectivity index (χ2v) is 13.0. The standard InChI is InChI=1S/C30H34N2O4S/c1-17-12-23-22-9-8-19-13-20(33)10-11-28(19,2)26(22)24(34)14-29(23,3)30(17,36)25(35)16-37-27-21-7-5-4-6-18(21)15-31-32-27/h4-7,10-11,13,15,17,22-24,26,34,36H,8-9,12,14,16H2,1-3H3/t17-,22?,23?,24?,26?,28?,29?,30+/m1/s1. The van der Waals surface area contributed by atoms with Crippen molar-refractivity contribution in [3.05, 3.63) is 54.3 Å². The van der Waals surface area contributed by atoms with Crippen molar-refractivity contribution in [2.75, 3.05) is 5.75 Å². The lowest BCUT2D eigenvalue weighted by Crippen LogP contribution is -2.62. The van der Waals surface area contributed by atoms with Crippen molar-refractivity contribution in [2.24, 2.45) is 34.5 Å². The van der Waals surface area contributed by atoms with Gasteiger partial charge in [-0.15, -0.1) is 5.10 Å². The Hall–Kier alpha value is -2.35. The number of benzene rings is 1. The number of carbonyl (C=O) groups excluding carboxylic acids is 2. The highest BCUT2D eigenvalue weighted by atomic mass is 32.2. The SMILES string of the molecule is C[C@@H]1CC2C3CCC4=CC(=O)C=CC4(C)C3C(O)CC2(C)[C@@]1(O)C(=O)CSc1nncc2ccccc12. The highest BCUT2D eigenvalue weighted by Crippen LogP contribution is 2.68. The molecule has 2 aromatic rings. The van der Waals surface area contributed by atoms with Gasteiger partial charge in [0, 0.05) is 27.5 Å². The molecule has 37 heavy (non-hydrogen) atoms. The van der Waals surface area contributed by atoms with E-state index in [1.54, 1.807) is 18.3 Å². The van der Waals surface area contributed by atoms with Crippen LogP contribution in [0.4, 0.5) is 0 Å². The molecule has 3 saturated carbocycles. The van der Waals surface area contributed by atoms with E-state index >= 15 is 0 Å². The molecule has 0 aliphatic heterocycles. The van der Waals surface area contributed by atoms with Crippen molar-refractivity contribution in [2.45, 2.75) is 63.2 Å². The van der Waals surface area contributed by atoms with Gasteiger partial charge in [0.2, 0.25) is 0 Å². The first-order valence-corrected chi connectivity index (χ1v) is 14.3. The van der Waals surface area contributed by atoms with Gasteiger partial charge >= 0.3 is 0 Å². The Morgan fingerprint density at radius 2 is 2.03 bits per heavy atom. The third-order valence-corrected chi connectivity index (χ3v) is 11.4. The number of aliphatic hydroxyl groups is 2. The Morgan fingerprint density at radius 1 is 1.24 bits per heavy atom. The van der Waals surface area contributed by atoms with Crippen LogP contribution in [0.3, 0.4) is 0 Å². The zero-order chi connectivity index (χ0) is 26.2. The fraction of sp³-hybridized carbons (Fsp3) is 0.533. The van der Waals surface area contributed by atoms with E-state index in [9.17, 15) is 19.8 Å². The summed E-state index contributed by atoms with van der Waals surface area (Å²) in [5, 5.41) is 34.8. The number of ketones is 2. The molecule has 7 heteroatoms. The summed E-state index contributed by atoms with van der Waals surface area (Å²) in [6.45, 7) is 6.15. The van der Waals surface area contributed by atoms with E-state index in [1.807, 2.05) is 44.2 Å². The third kappa shape index (κ3) is 3.46. The van der Waals surface area contributed by atoms with Crippen LogP contribution in [-0.2, 0) is 9.59 Å². The molecule has 6 unspecified atom stereocenters. The maximum atomic E-state index is 13.9. The first-order chi connectivity index (χ1) is 17.6. The predicted molar refractivity (Wildman–Crippen MR) is 143 cm³/mol. The molecule has 4 aliphatic carbocycles. The van der Waals surface area contributed by atoms with Gasteiger partial charge in [0.1, 0.15) is 10.6 Å². The zero-order valence-electron chi connectivity index (χ0n) is 21.6. The Kier molecular flexibility index (Phi) is 5.79. The fourth-order valence-corrected chi connectivity index (χ4v) is 9.54. The van der Waals surface area contributed by atoms with Crippen LogP contribution in [-0.4, -0.2) is 49.4 Å². The van der Waals surface area contributed by atoms with Crippen LogP contribution in [0.25, 0.3) is 10.8 Å². The number of rotatable bonds is 4. The molecule has 6 rings (SSSR count). The molecule has 0 amide bonds. The second-order valence-electron chi connectivity index (χ2n) is 12.1. The lowest BCUT2D eigenvalue weighted by Gasteiger charge is -2.59. The first-order valence-electron chi connectivity index (χ1n) is 13.3. The fourth-order valence-electron chi connectivity index (χ4n) is 8.61. The number of allylic oxidation sites excluding steroid dienone is 4. The topological polar surface area (TPSA) is 100 Å². The molecule has 0 spiro atoms. The van der Waals surface area contributed by atoms with Crippen LogP contribution in [0.5, 0.6) is 0 Å². The molecule has 1 aromatic heterocycles. The molecule has 0 radical (unpaired) electrons. The highest BCUT2D eigenvalue weighted by Gasteiger charge is 2.70. The smallest absolute Gasteiger partial charge is 0.178 e. The third-order valence-electron chi connectivity index (χ3n) is 10.4. The van der Waals surface area contributed by atoms with E-state index in [0.29, 0.717) is 11.4 Å². The number of fused-ring (bicyclic) bond motifs is 6. The molecule has 8 atom stereocenters. The molecule has 4 aliphatic rings. The van der Waals surface area contributed by atoms with E-state index in [2.05, 4.69) is 17.1 Å². The van der Waals surface area contributed by atoms with Gasteiger partial charge in [-0.2, -0.15) is 5.10 Å². The molecule has 3 fully saturated rings. The van der Waals surface area contributed by atoms with Crippen LogP contribution < -0.4 is 0 Å². The van der Waals surface area contributed by atoms with Crippen LogP contribution in [0.1, 0.15) is 46.5 Å². The molecule has 1 aromatic carbocycles. The number of Topliss-reactive ketones (excluding diaryl/α,β-unsaturated/α-hetero) is 1. The lowest BCUT2D eigenvalue weighted by atomic mass is 9.46. The molecule has 0 bridgehead atoms. The van der Waals surface area contributed by atoms with Gasteiger partial charge in [-0.3, -0.25) is 9.59 Å². The van der Waals surface area contributed by atoms with Crippen molar-refractivity contribution in [3.8, 4) is 0 Å². The largest absolute Gasteiger partial charge is 0.393 e. The van der Waals surface area contributed by atoms with E-state index in [4.69, 9.17) is 0 Å². The maximum absolute atomic E-state index is 13.9. The lowest BCUT2D eigenvalue weighted by molar-refractivity contribution is -0.179. The second kappa shape index (κ2) is 8.58. The average molecular weight is 519 g/mol. The Balaban J connectivity index is 1.29. The predicted octanol–water partition coefficient (Wildman–Crippen LogP) is 4.55. The summed E-state index contributed by atoms with van der Waals surface area (Å²) < 4.78 is 0. The average Bonchev–Trinajstić information content (AvgIpc) is 3.08. The number of aromatic nitrogens is 2. The maximum Gasteiger partial charge on any atom is 0.178 e. The van der Waals surface area contributed by atoms with Crippen LogP contribution >= 0.6 is 11.8 Å². The summed E-state index contributed by atoms with van der Waals surface area (Å²) in [7, 11) is 0. The van der Waals surface area contributed by atoms with Crippen molar-refractivity contribution >= 4 is 34.1 Å². The van der Waals surface area contributed by atoms with Crippen LogP contribution in [0.15, 0.2) is 59.3 Å². The van der Waals surface area contributed by atoms with E-state index in [0.717, 1.165) is 35.6 Å². The molecular weight excluding hydrogens is 484 g/mol. The summed E-state index contributed by atoms with van der Waals surface area (Å²) in [5.41, 5.74) is -1.51. The number of hydrogen-bond acceptors (Lipinski definition) is 7. The van der Waals surface area contributed by atoms with Gasteiger partial charge < -0.3 is 10.2 Å². The summed E-state index contributed by atoms with van der Waals surface area (Å²) >= 11 is 1.33. The summed E-state index contributed by atoms with van der Waals surface area (Å²) in [5.74, 6) is -0.0181. The van der Waals surface area contributed by atoms with E-state index < -0.39 is 17.1 Å². The summed E-state index contributed by atoms with van der Waals surface area (Å²) in [6.07, 6.45) is 9.22. The van der Waals surface area contributed by atoms with Gasteiger partial charge in [-0.25, -0.2) is 0 Å². The van der Waals surface area contributed by atoms with Gasteiger partial charge in [0.15, 0.2) is 11.6 Å². The Labute approximate surface area is 221 Å². The molecule has 194 valence electrons. The van der Waals surface area contributed by atoms with Gasteiger partial charge in [0.05, 0.1) is 18.1 Å². The molecule has 6 nitrogen and oxygen atoms in total. The van der Waals surface area contributed by atoms with E-state index in [-0.39, 0.29) is 46.4 Å². The van der Waals surface area contributed by atoms with Crippen molar-refractivity contribution in [3.63, 3.8) is 0 Å². The zero-order valence-corrected chi connectivity index (χ0v) is 22.4. The number of aliphatic hydroxyl groups excluding tert-OH is 1. The molecular formula is C30H34N2O4S. The number of hydrogen-bond donors (Lipinski definition) is 2.